The molecule has 0 aromatic carbocycles. The van der Waals surface area contributed by atoms with Crippen LogP contribution in [-0.4, -0.2) is 58.5 Å². The van der Waals surface area contributed by atoms with Gasteiger partial charge in [-0.05, 0) is 28.5 Å². The highest BCUT2D eigenvalue weighted by Crippen LogP contribution is 2.20. The molecule has 0 unspecified atom stereocenters. The molecule has 2 aromatic heterocycles. The third-order valence-corrected chi connectivity index (χ3v) is 5.19. The minimum atomic E-state index is -0.249. The smallest absolute Gasteiger partial charge is 0.269 e. The van der Waals surface area contributed by atoms with E-state index in [0.29, 0.717) is 14.7 Å². The van der Waals surface area contributed by atoms with Crippen molar-refractivity contribution in [3.05, 3.63) is 27.3 Å². The molecule has 9 heteroatoms. The molecule has 7 nitrogen and oxygen atoms in total. The normalized spacial score (nSPS) is 15.7. The van der Waals surface area contributed by atoms with Crippen molar-refractivity contribution in [1.29, 1.82) is 0 Å². The fraction of sp³-hybridized carbons (Fsp3) is 0.429. The van der Waals surface area contributed by atoms with E-state index in [9.17, 15) is 4.79 Å². The van der Waals surface area contributed by atoms with Crippen molar-refractivity contribution >= 4 is 44.9 Å². The summed E-state index contributed by atoms with van der Waals surface area (Å²) in [6.45, 7) is 7.16. The van der Waals surface area contributed by atoms with E-state index < -0.39 is 0 Å². The van der Waals surface area contributed by atoms with Crippen LogP contribution in [0, 0.1) is 0 Å². The highest BCUT2D eigenvalue weighted by atomic mass is 79.9. The Hall–Kier alpha value is -1.58. The first-order valence-electron chi connectivity index (χ1n) is 7.38. The first-order valence-corrected chi connectivity index (χ1v) is 8.99. The number of aromatic nitrogens is 3. The van der Waals surface area contributed by atoms with E-state index in [-0.39, 0.29) is 5.91 Å². The number of carbonyl (C=O) groups is 1. The molecule has 0 radical (unpaired) electrons. The van der Waals surface area contributed by atoms with Crippen LogP contribution >= 0.6 is 27.3 Å². The van der Waals surface area contributed by atoms with E-state index in [4.69, 9.17) is 0 Å². The third kappa shape index (κ3) is 4.04. The maximum atomic E-state index is 12.1. The van der Waals surface area contributed by atoms with E-state index in [0.717, 1.165) is 38.5 Å². The summed E-state index contributed by atoms with van der Waals surface area (Å²) in [5.74, 6) is 0.910. The summed E-state index contributed by atoms with van der Waals surface area (Å²) in [5.41, 5.74) is 0. The van der Waals surface area contributed by atoms with Gasteiger partial charge in [0, 0.05) is 32.4 Å². The summed E-state index contributed by atoms with van der Waals surface area (Å²) in [6.07, 6.45) is 3.20. The molecule has 1 fully saturated rings. The highest BCUT2D eigenvalue weighted by molar-refractivity contribution is 9.11. The number of rotatable bonds is 4. The highest BCUT2D eigenvalue weighted by Gasteiger charge is 2.18. The summed E-state index contributed by atoms with van der Waals surface area (Å²) >= 11 is 4.52. The number of nitrogens with zero attached hydrogens (tertiary/aromatic N) is 5. The van der Waals surface area contributed by atoms with Crippen molar-refractivity contribution in [2.45, 2.75) is 6.92 Å². The third-order valence-electron chi connectivity index (χ3n) is 3.71. The van der Waals surface area contributed by atoms with Crippen molar-refractivity contribution in [1.82, 2.24) is 19.9 Å². The molecular weight excluding hydrogens is 380 g/mol. The maximum absolute atomic E-state index is 12.1. The Bertz CT molecular complexity index is 685. The van der Waals surface area contributed by atoms with Crippen LogP contribution in [0.4, 0.5) is 11.8 Å². The molecule has 0 bridgehead atoms. The zero-order chi connectivity index (χ0) is 16.2. The number of thiazole rings is 1. The molecular formula is C14H17BrN6OS. The lowest BCUT2D eigenvalue weighted by atomic mass is 10.3. The Balaban J connectivity index is 1.67. The molecule has 0 spiro atoms. The van der Waals surface area contributed by atoms with Gasteiger partial charge in [-0.1, -0.05) is 6.92 Å². The molecule has 3 rings (SSSR count). The predicted molar refractivity (Wildman–Crippen MR) is 94.1 cm³/mol. The predicted octanol–water partition coefficient (Wildman–Crippen LogP) is 2.09. The number of hydrogen-bond donors (Lipinski definition) is 1. The monoisotopic (exact) mass is 396 g/mol. The van der Waals surface area contributed by atoms with Gasteiger partial charge >= 0.3 is 0 Å². The minimum Gasteiger partial charge on any atom is -0.354 e. The molecule has 1 aliphatic rings. The van der Waals surface area contributed by atoms with Gasteiger partial charge in [-0.15, -0.1) is 11.3 Å². The number of piperazine rings is 1. The van der Waals surface area contributed by atoms with E-state index >= 15 is 0 Å². The molecule has 0 saturated carbocycles. The molecule has 122 valence electrons. The summed E-state index contributed by atoms with van der Waals surface area (Å²) in [6, 6.07) is 1.88. The first-order chi connectivity index (χ1) is 11.2. The van der Waals surface area contributed by atoms with E-state index in [2.05, 4.69) is 52.9 Å². The van der Waals surface area contributed by atoms with Gasteiger partial charge in [-0.3, -0.25) is 10.1 Å². The lowest BCUT2D eigenvalue weighted by molar-refractivity contribution is 0.102. The largest absolute Gasteiger partial charge is 0.354 e. The van der Waals surface area contributed by atoms with Gasteiger partial charge < -0.3 is 9.80 Å². The number of amides is 1. The maximum Gasteiger partial charge on any atom is 0.269 e. The van der Waals surface area contributed by atoms with Crippen molar-refractivity contribution in [2.75, 3.05) is 42.9 Å². The Kier molecular flexibility index (Phi) is 5.19. The van der Waals surface area contributed by atoms with Gasteiger partial charge in [0.05, 0.1) is 6.20 Å². The molecule has 1 N–H and O–H groups in total. The van der Waals surface area contributed by atoms with Crippen LogP contribution in [0.25, 0.3) is 0 Å². The van der Waals surface area contributed by atoms with Crippen LogP contribution in [0.1, 0.15) is 16.6 Å². The topological polar surface area (TPSA) is 74.2 Å². The second kappa shape index (κ2) is 7.33. The van der Waals surface area contributed by atoms with Gasteiger partial charge in [0.15, 0.2) is 3.92 Å². The summed E-state index contributed by atoms with van der Waals surface area (Å²) in [5, 5.41) is 2.72. The number of likely N-dealkylation sites (N-methyl/N-ethyl adjacent to an activating group) is 1. The van der Waals surface area contributed by atoms with Crippen LogP contribution in [0.5, 0.6) is 0 Å². The van der Waals surface area contributed by atoms with Crippen molar-refractivity contribution < 1.29 is 4.79 Å². The molecule has 0 aliphatic carbocycles. The molecule has 1 saturated heterocycles. The summed E-state index contributed by atoms with van der Waals surface area (Å²) < 4.78 is 0.672. The Morgan fingerprint density at radius 2 is 2.13 bits per heavy atom. The zero-order valence-corrected chi connectivity index (χ0v) is 15.1. The van der Waals surface area contributed by atoms with Gasteiger partial charge in [0.25, 0.3) is 5.91 Å². The fourth-order valence-electron chi connectivity index (χ4n) is 2.40. The van der Waals surface area contributed by atoms with Crippen LogP contribution in [0.3, 0.4) is 0 Å². The Morgan fingerprint density at radius 3 is 2.78 bits per heavy atom. The number of halogens is 1. The first kappa shape index (κ1) is 16.3. The number of anilines is 2. The van der Waals surface area contributed by atoms with Crippen molar-refractivity contribution in [3.8, 4) is 0 Å². The average molecular weight is 397 g/mol. The zero-order valence-electron chi connectivity index (χ0n) is 12.7. The second-order valence-corrected chi connectivity index (χ2v) is 7.40. The van der Waals surface area contributed by atoms with E-state index in [1.165, 1.54) is 17.5 Å². The lowest BCUT2D eigenvalue weighted by Gasteiger charge is -2.34. The number of nitrogens with one attached hydrogen (secondary N) is 1. The average Bonchev–Trinajstić information content (AvgIpc) is 3.02. The van der Waals surface area contributed by atoms with Gasteiger partial charge in [-0.2, -0.15) is 4.98 Å². The quantitative estimate of drug-likeness (QED) is 0.852. The second-order valence-electron chi connectivity index (χ2n) is 5.09. The summed E-state index contributed by atoms with van der Waals surface area (Å²) in [7, 11) is 0. The number of hydrogen-bond acceptors (Lipinski definition) is 7. The summed E-state index contributed by atoms with van der Waals surface area (Å²) in [4.78, 5) is 29.9. The molecule has 0 atom stereocenters. The fourth-order valence-corrected chi connectivity index (χ4v) is 3.56. The lowest BCUT2D eigenvalue weighted by Crippen LogP contribution is -2.46. The van der Waals surface area contributed by atoms with Crippen LogP contribution in [0.15, 0.2) is 22.4 Å². The molecule has 2 aromatic rings. The van der Waals surface area contributed by atoms with E-state index in [1.54, 1.807) is 6.20 Å². The van der Waals surface area contributed by atoms with Gasteiger partial charge in [0.2, 0.25) is 5.95 Å². The SMILES string of the molecule is CCN1CCN(c2ccnc(NC(=O)c3cnc(Br)s3)n2)CC1. The molecule has 3 heterocycles. The molecule has 1 amide bonds. The molecule has 23 heavy (non-hydrogen) atoms. The standard InChI is InChI=1S/C14H17BrN6OS/c1-2-20-5-7-21(8-6-20)11-3-4-16-14(18-11)19-12(22)10-9-17-13(15)23-10/h3-4,9H,2,5-8H2,1H3,(H,16,18,19,22). The minimum absolute atomic E-state index is 0.249. The molecule has 1 aliphatic heterocycles. The van der Waals surface area contributed by atoms with Crippen molar-refractivity contribution in [3.63, 3.8) is 0 Å². The van der Waals surface area contributed by atoms with E-state index in [1.807, 2.05) is 6.07 Å². The van der Waals surface area contributed by atoms with Crippen LogP contribution < -0.4 is 10.2 Å². The van der Waals surface area contributed by atoms with Gasteiger partial charge in [-0.25, -0.2) is 9.97 Å². The van der Waals surface area contributed by atoms with Crippen molar-refractivity contribution in [2.24, 2.45) is 0 Å². The Morgan fingerprint density at radius 1 is 1.35 bits per heavy atom. The number of carbonyl (C=O) groups excluding carboxylic acids is 1. The van der Waals surface area contributed by atoms with Gasteiger partial charge in [0.1, 0.15) is 10.7 Å². The Labute approximate surface area is 146 Å². The van der Waals surface area contributed by atoms with Crippen LogP contribution in [-0.2, 0) is 0 Å². The van der Waals surface area contributed by atoms with Crippen LogP contribution in [0.2, 0.25) is 0 Å².